The van der Waals surface area contributed by atoms with E-state index in [1.807, 2.05) is 13.1 Å². The van der Waals surface area contributed by atoms with Crippen molar-refractivity contribution in [1.29, 1.82) is 0 Å². The lowest BCUT2D eigenvalue weighted by Gasteiger charge is -2.41. The molecule has 1 aliphatic heterocycles. The standard InChI is InChI=1S/C23H25N9O/c1-3-17-21-28-27-15(2)31(21)18-14-25-22(26-20(18)32(17)16-8-4-5-9-16)30-13-11-24-23(30)29-12-7-6-10-19(29)33/h6-7,10-14,16-17H,3-5,8-9H2,1-2H3/t17-/m1/s1. The van der Waals surface area contributed by atoms with E-state index < -0.39 is 0 Å². The van der Waals surface area contributed by atoms with Gasteiger partial charge in [0.2, 0.25) is 11.9 Å². The van der Waals surface area contributed by atoms with E-state index in [-0.39, 0.29) is 11.6 Å². The highest BCUT2D eigenvalue weighted by Crippen LogP contribution is 2.43. The Balaban J connectivity index is 1.54. The van der Waals surface area contributed by atoms with Gasteiger partial charge in [-0.05, 0) is 32.3 Å². The van der Waals surface area contributed by atoms with Gasteiger partial charge in [-0.15, -0.1) is 10.2 Å². The Morgan fingerprint density at radius 3 is 2.70 bits per heavy atom. The van der Waals surface area contributed by atoms with E-state index >= 15 is 0 Å². The summed E-state index contributed by atoms with van der Waals surface area (Å²) in [6, 6.07) is 5.53. The van der Waals surface area contributed by atoms with Gasteiger partial charge in [0.15, 0.2) is 11.6 Å². The molecule has 4 aromatic heterocycles. The van der Waals surface area contributed by atoms with Crippen LogP contribution in [0.1, 0.15) is 56.7 Å². The molecule has 33 heavy (non-hydrogen) atoms. The molecule has 5 heterocycles. The molecule has 0 radical (unpaired) electrons. The van der Waals surface area contributed by atoms with Crippen molar-refractivity contribution in [3.8, 4) is 17.6 Å². The molecular weight excluding hydrogens is 418 g/mol. The summed E-state index contributed by atoms with van der Waals surface area (Å²) in [5, 5.41) is 8.90. The van der Waals surface area contributed by atoms with Crippen LogP contribution >= 0.6 is 0 Å². The van der Waals surface area contributed by atoms with E-state index in [0.29, 0.717) is 17.9 Å². The summed E-state index contributed by atoms with van der Waals surface area (Å²) in [4.78, 5) is 29.0. The number of pyridine rings is 1. The first kappa shape index (κ1) is 19.8. The van der Waals surface area contributed by atoms with Crippen molar-refractivity contribution in [2.75, 3.05) is 4.90 Å². The van der Waals surface area contributed by atoms with Gasteiger partial charge in [0, 0.05) is 30.7 Å². The Bertz CT molecular complexity index is 1380. The molecular formula is C23H25N9O. The van der Waals surface area contributed by atoms with Crippen LogP contribution in [-0.4, -0.2) is 44.9 Å². The number of imidazole rings is 1. The molecule has 0 bridgehead atoms. The SMILES string of the molecule is CC[C@@H]1c2nnc(C)n2-c2cnc(-n3ccnc3-n3ccccc3=O)nc2N1C1CCCC1. The summed E-state index contributed by atoms with van der Waals surface area (Å²) in [6.07, 6.45) is 12.6. The Morgan fingerprint density at radius 2 is 1.91 bits per heavy atom. The highest BCUT2D eigenvalue weighted by atomic mass is 16.1. The number of fused-ring (bicyclic) bond motifs is 3. The van der Waals surface area contributed by atoms with Crippen molar-refractivity contribution in [3.63, 3.8) is 0 Å². The minimum Gasteiger partial charge on any atom is -0.341 e. The van der Waals surface area contributed by atoms with Crippen LogP contribution < -0.4 is 10.5 Å². The number of aryl methyl sites for hydroxylation is 1. The molecule has 10 heteroatoms. The maximum atomic E-state index is 12.4. The quantitative estimate of drug-likeness (QED) is 0.478. The van der Waals surface area contributed by atoms with Gasteiger partial charge in [-0.3, -0.25) is 18.5 Å². The molecule has 2 aliphatic rings. The van der Waals surface area contributed by atoms with Crippen molar-refractivity contribution in [1.82, 2.24) is 38.9 Å². The predicted octanol–water partition coefficient (Wildman–Crippen LogP) is 2.92. The van der Waals surface area contributed by atoms with E-state index in [2.05, 4.69) is 36.6 Å². The van der Waals surface area contributed by atoms with Gasteiger partial charge in [0.1, 0.15) is 11.5 Å². The van der Waals surface area contributed by atoms with E-state index in [0.717, 1.165) is 42.4 Å². The van der Waals surface area contributed by atoms with E-state index in [9.17, 15) is 4.79 Å². The molecule has 0 spiro atoms. The predicted molar refractivity (Wildman–Crippen MR) is 122 cm³/mol. The maximum Gasteiger partial charge on any atom is 0.257 e. The largest absolute Gasteiger partial charge is 0.341 e. The number of nitrogens with zero attached hydrogens (tertiary/aromatic N) is 9. The molecule has 1 atom stereocenters. The van der Waals surface area contributed by atoms with Crippen LogP contribution in [0.25, 0.3) is 17.6 Å². The minimum atomic E-state index is -0.161. The zero-order valence-electron chi connectivity index (χ0n) is 18.7. The third kappa shape index (κ3) is 3.00. The summed E-state index contributed by atoms with van der Waals surface area (Å²) in [7, 11) is 0. The van der Waals surface area contributed by atoms with Crippen molar-refractivity contribution in [2.24, 2.45) is 0 Å². The highest BCUT2D eigenvalue weighted by Gasteiger charge is 2.39. The molecule has 0 saturated heterocycles. The molecule has 0 N–H and O–H groups in total. The third-order valence-electron chi connectivity index (χ3n) is 6.69. The number of rotatable bonds is 4. The maximum absolute atomic E-state index is 12.4. The average Bonchev–Trinajstić information content (AvgIpc) is 3.59. The van der Waals surface area contributed by atoms with Gasteiger partial charge in [0.25, 0.3) is 5.56 Å². The van der Waals surface area contributed by atoms with Crippen molar-refractivity contribution in [3.05, 3.63) is 65.0 Å². The number of aromatic nitrogens is 8. The van der Waals surface area contributed by atoms with E-state index in [1.165, 1.54) is 23.5 Å². The Morgan fingerprint density at radius 1 is 1.06 bits per heavy atom. The summed E-state index contributed by atoms with van der Waals surface area (Å²) in [5.41, 5.74) is 0.734. The molecule has 0 unspecified atom stereocenters. The van der Waals surface area contributed by atoms with Gasteiger partial charge < -0.3 is 4.90 Å². The van der Waals surface area contributed by atoms with E-state index in [4.69, 9.17) is 4.98 Å². The van der Waals surface area contributed by atoms with Crippen molar-refractivity contribution < 1.29 is 0 Å². The molecule has 168 valence electrons. The zero-order valence-corrected chi connectivity index (χ0v) is 18.7. The molecule has 6 rings (SSSR count). The van der Waals surface area contributed by atoms with Crippen LogP contribution in [0.4, 0.5) is 5.82 Å². The average molecular weight is 444 g/mol. The summed E-state index contributed by atoms with van der Waals surface area (Å²) >= 11 is 0. The smallest absolute Gasteiger partial charge is 0.257 e. The molecule has 1 fully saturated rings. The van der Waals surface area contributed by atoms with Crippen molar-refractivity contribution >= 4 is 5.82 Å². The van der Waals surface area contributed by atoms with Gasteiger partial charge in [-0.25, -0.2) is 9.97 Å². The molecule has 4 aromatic rings. The molecule has 10 nitrogen and oxygen atoms in total. The summed E-state index contributed by atoms with van der Waals surface area (Å²) < 4.78 is 5.33. The topological polar surface area (TPSA) is 99.5 Å². The summed E-state index contributed by atoms with van der Waals surface area (Å²) in [5.74, 6) is 3.59. The van der Waals surface area contributed by atoms with Crippen LogP contribution in [0.5, 0.6) is 0 Å². The summed E-state index contributed by atoms with van der Waals surface area (Å²) in [6.45, 7) is 4.14. The van der Waals surface area contributed by atoms with Gasteiger partial charge >= 0.3 is 0 Å². The highest BCUT2D eigenvalue weighted by molar-refractivity contribution is 5.63. The molecule has 1 saturated carbocycles. The number of anilines is 1. The lowest BCUT2D eigenvalue weighted by atomic mass is 10.0. The van der Waals surface area contributed by atoms with Gasteiger partial charge in [-0.1, -0.05) is 25.8 Å². The number of hydrogen-bond acceptors (Lipinski definition) is 7. The molecule has 0 aromatic carbocycles. The monoisotopic (exact) mass is 443 g/mol. The normalized spacial score (nSPS) is 17.9. The second-order valence-electron chi connectivity index (χ2n) is 8.60. The first-order valence-electron chi connectivity index (χ1n) is 11.5. The zero-order chi connectivity index (χ0) is 22.5. The minimum absolute atomic E-state index is 0.101. The van der Waals surface area contributed by atoms with Gasteiger partial charge in [0.05, 0.1) is 12.2 Å². The first-order valence-corrected chi connectivity index (χ1v) is 11.5. The Hall–Kier alpha value is -3.82. The fourth-order valence-electron chi connectivity index (χ4n) is 5.20. The fourth-order valence-corrected chi connectivity index (χ4v) is 5.20. The van der Waals surface area contributed by atoms with Crippen LogP contribution in [0, 0.1) is 6.92 Å². The first-order chi connectivity index (χ1) is 16.2. The molecule has 0 amide bonds. The van der Waals surface area contributed by atoms with E-state index in [1.54, 1.807) is 35.3 Å². The Labute approximate surface area is 190 Å². The van der Waals surface area contributed by atoms with Crippen LogP contribution in [-0.2, 0) is 0 Å². The molecule has 1 aliphatic carbocycles. The third-order valence-corrected chi connectivity index (χ3v) is 6.69. The van der Waals surface area contributed by atoms with Crippen LogP contribution in [0.3, 0.4) is 0 Å². The lowest BCUT2D eigenvalue weighted by molar-refractivity contribution is 0.467. The second-order valence-corrected chi connectivity index (χ2v) is 8.60. The van der Waals surface area contributed by atoms with Crippen molar-refractivity contribution in [2.45, 2.75) is 58.0 Å². The lowest BCUT2D eigenvalue weighted by Crippen LogP contribution is -2.42. The van der Waals surface area contributed by atoms with Crippen LogP contribution in [0.2, 0.25) is 0 Å². The Kier molecular flexibility index (Phi) is 4.60. The van der Waals surface area contributed by atoms with Crippen LogP contribution in [0.15, 0.2) is 47.8 Å². The fraction of sp³-hybridized carbons (Fsp3) is 0.391. The second kappa shape index (κ2) is 7.65. The van der Waals surface area contributed by atoms with Gasteiger partial charge in [-0.2, -0.15) is 4.98 Å². The number of hydrogen-bond donors (Lipinski definition) is 0.